The van der Waals surface area contributed by atoms with E-state index >= 15 is 0 Å². The maximum atomic E-state index is 13.6. The van der Waals surface area contributed by atoms with E-state index in [1.807, 2.05) is 0 Å². The lowest BCUT2D eigenvalue weighted by atomic mass is 10.0. The highest BCUT2D eigenvalue weighted by molar-refractivity contribution is 5.85. The van der Waals surface area contributed by atoms with Crippen LogP contribution in [0.15, 0.2) is 18.2 Å². The summed E-state index contributed by atoms with van der Waals surface area (Å²) in [6.45, 7) is 1.30. The predicted octanol–water partition coefficient (Wildman–Crippen LogP) is 1.03. The van der Waals surface area contributed by atoms with Gasteiger partial charge in [-0.05, 0) is 12.5 Å². The third-order valence-corrected chi connectivity index (χ3v) is 2.71. The van der Waals surface area contributed by atoms with Crippen molar-refractivity contribution in [1.82, 2.24) is 10.6 Å². The number of nitrogens with two attached hydrogens (primary N) is 1. The minimum Gasteiger partial charge on any atom is -0.348 e. The summed E-state index contributed by atoms with van der Waals surface area (Å²) in [7, 11) is 0. The Morgan fingerprint density at radius 2 is 1.95 bits per heavy atom. The number of carbonyl (C=O) groups is 2. The molecule has 0 bridgehead atoms. The molecule has 1 unspecified atom stereocenters. The zero-order chi connectivity index (χ0) is 15.1. The van der Waals surface area contributed by atoms with Crippen LogP contribution in [0.3, 0.4) is 0 Å². The Kier molecular flexibility index (Phi) is 8.49. The number of carbonyl (C=O) groups excluding carboxylic acids is 2. The molecule has 8 heteroatoms. The first kappa shape index (κ1) is 19.3. The van der Waals surface area contributed by atoms with Gasteiger partial charge in [-0.1, -0.05) is 13.0 Å². The third kappa shape index (κ3) is 6.05. The van der Waals surface area contributed by atoms with E-state index in [2.05, 4.69) is 10.6 Å². The SMILES string of the molecule is CCC(NC(=O)CNC(=O)CN)c1ccc(F)cc1F.Cl. The van der Waals surface area contributed by atoms with Crippen molar-refractivity contribution < 1.29 is 18.4 Å². The molecule has 21 heavy (non-hydrogen) atoms. The molecule has 5 nitrogen and oxygen atoms in total. The van der Waals surface area contributed by atoms with Crippen LogP contribution in [0.25, 0.3) is 0 Å². The zero-order valence-corrected chi connectivity index (χ0v) is 12.3. The molecule has 1 atom stereocenters. The van der Waals surface area contributed by atoms with Crippen molar-refractivity contribution in [2.75, 3.05) is 13.1 Å². The lowest BCUT2D eigenvalue weighted by Crippen LogP contribution is -2.40. The van der Waals surface area contributed by atoms with Crippen LogP contribution in [0.2, 0.25) is 0 Å². The second-order valence-corrected chi connectivity index (χ2v) is 4.18. The van der Waals surface area contributed by atoms with Gasteiger partial charge in [0, 0.05) is 11.6 Å². The van der Waals surface area contributed by atoms with E-state index in [4.69, 9.17) is 5.73 Å². The first-order chi connectivity index (χ1) is 9.47. The molecule has 0 aliphatic heterocycles. The second kappa shape index (κ2) is 9.25. The van der Waals surface area contributed by atoms with Gasteiger partial charge in [0.15, 0.2) is 0 Å². The van der Waals surface area contributed by atoms with Crippen molar-refractivity contribution in [2.24, 2.45) is 5.73 Å². The van der Waals surface area contributed by atoms with Crippen molar-refractivity contribution >= 4 is 24.2 Å². The third-order valence-electron chi connectivity index (χ3n) is 2.71. The highest BCUT2D eigenvalue weighted by atomic mass is 35.5. The van der Waals surface area contributed by atoms with Gasteiger partial charge in [-0.15, -0.1) is 12.4 Å². The fourth-order valence-electron chi connectivity index (χ4n) is 1.68. The first-order valence-corrected chi connectivity index (χ1v) is 6.19. The van der Waals surface area contributed by atoms with Gasteiger partial charge >= 0.3 is 0 Å². The first-order valence-electron chi connectivity index (χ1n) is 6.19. The number of nitrogens with one attached hydrogen (secondary N) is 2. The summed E-state index contributed by atoms with van der Waals surface area (Å²) in [6.07, 6.45) is 0.430. The molecule has 118 valence electrons. The molecular formula is C13H18ClF2N3O2. The van der Waals surface area contributed by atoms with Crippen LogP contribution in [0.4, 0.5) is 8.78 Å². The van der Waals surface area contributed by atoms with Crippen molar-refractivity contribution in [3.63, 3.8) is 0 Å². The molecular weight excluding hydrogens is 304 g/mol. The Bertz CT molecular complexity index is 500. The standard InChI is InChI=1S/C13H17F2N3O2.ClH/c1-2-11(9-4-3-8(14)5-10(9)15)18-13(20)7-17-12(19)6-16;/h3-5,11H,2,6-7,16H2,1H3,(H,17,19)(H,18,20);1H. The van der Waals surface area contributed by atoms with Crippen LogP contribution in [0.5, 0.6) is 0 Å². The van der Waals surface area contributed by atoms with Gasteiger partial charge in [-0.25, -0.2) is 8.78 Å². The average Bonchev–Trinajstić information content (AvgIpc) is 2.42. The summed E-state index contributed by atoms with van der Waals surface area (Å²) < 4.78 is 26.5. The molecule has 1 rings (SSSR count). The molecule has 0 aromatic heterocycles. The number of rotatable bonds is 6. The fraction of sp³-hybridized carbons (Fsp3) is 0.385. The summed E-state index contributed by atoms with van der Waals surface area (Å²) in [5.41, 5.74) is 5.28. The van der Waals surface area contributed by atoms with Crippen LogP contribution in [0.1, 0.15) is 24.9 Å². The van der Waals surface area contributed by atoms with Crippen LogP contribution >= 0.6 is 12.4 Å². The average molecular weight is 322 g/mol. The molecule has 1 aromatic rings. The lowest BCUT2D eigenvalue weighted by Gasteiger charge is -2.18. The quantitative estimate of drug-likeness (QED) is 0.731. The largest absolute Gasteiger partial charge is 0.348 e. The van der Waals surface area contributed by atoms with Crippen LogP contribution in [0, 0.1) is 11.6 Å². The maximum Gasteiger partial charge on any atom is 0.239 e. The van der Waals surface area contributed by atoms with E-state index in [1.54, 1.807) is 6.92 Å². The highest BCUT2D eigenvalue weighted by Crippen LogP contribution is 2.20. The minimum atomic E-state index is -0.719. The van der Waals surface area contributed by atoms with E-state index < -0.39 is 29.5 Å². The van der Waals surface area contributed by atoms with Gasteiger partial charge in [0.1, 0.15) is 11.6 Å². The molecule has 0 heterocycles. The van der Waals surface area contributed by atoms with Crippen LogP contribution < -0.4 is 16.4 Å². The Morgan fingerprint density at radius 1 is 1.29 bits per heavy atom. The Morgan fingerprint density at radius 3 is 2.48 bits per heavy atom. The zero-order valence-electron chi connectivity index (χ0n) is 11.5. The Labute approximate surface area is 127 Å². The topological polar surface area (TPSA) is 84.2 Å². The summed E-state index contributed by atoms with van der Waals surface area (Å²) in [5.74, 6) is -2.32. The molecule has 1 aromatic carbocycles. The second-order valence-electron chi connectivity index (χ2n) is 4.18. The van der Waals surface area contributed by atoms with Crippen molar-refractivity contribution in [1.29, 1.82) is 0 Å². The molecule has 0 fully saturated rings. The molecule has 0 saturated carbocycles. The number of hydrogen-bond acceptors (Lipinski definition) is 3. The molecule has 4 N–H and O–H groups in total. The number of amides is 2. The summed E-state index contributed by atoms with van der Waals surface area (Å²) in [4.78, 5) is 22.5. The van der Waals surface area contributed by atoms with Crippen molar-refractivity contribution in [3.8, 4) is 0 Å². The molecule has 0 saturated heterocycles. The molecule has 0 aliphatic carbocycles. The van der Waals surface area contributed by atoms with Crippen molar-refractivity contribution in [3.05, 3.63) is 35.4 Å². The van der Waals surface area contributed by atoms with E-state index in [0.717, 1.165) is 12.1 Å². The van der Waals surface area contributed by atoms with E-state index in [0.29, 0.717) is 6.42 Å². The van der Waals surface area contributed by atoms with E-state index in [9.17, 15) is 18.4 Å². The molecule has 2 amide bonds. The van der Waals surface area contributed by atoms with Gasteiger partial charge in [-0.3, -0.25) is 9.59 Å². The van der Waals surface area contributed by atoms with Gasteiger partial charge in [0.2, 0.25) is 11.8 Å². The Balaban J connectivity index is 0.00000400. The summed E-state index contributed by atoms with van der Waals surface area (Å²) in [5, 5.41) is 4.87. The van der Waals surface area contributed by atoms with Crippen LogP contribution in [-0.4, -0.2) is 24.9 Å². The van der Waals surface area contributed by atoms with E-state index in [1.165, 1.54) is 6.07 Å². The normalized spacial score (nSPS) is 11.2. The smallest absolute Gasteiger partial charge is 0.239 e. The van der Waals surface area contributed by atoms with Gasteiger partial charge in [-0.2, -0.15) is 0 Å². The minimum absolute atomic E-state index is 0. The summed E-state index contributed by atoms with van der Waals surface area (Å²) >= 11 is 0. The monoisotopic (exact) mass is 321 g/mol. The number of halogens is 3. The molecule has 0 spiro atoms. The predicted molar refractivity (Wildman–Crippen MR) is 76.8 cm³/mol. The molecule has 0 aliphatic rings. The Hall–Kier alpha value is -1.73. The number of benzene rings is 1. The summed E-state index contributed by atoms with van der Waals surface area (Å²) in [6, 6.07) is 2.60. The van der Waals surface area contributed by atoms with Gasteiger partial charge in [0.25, 0.3) is 0 Å². The van der Waals surface area contributed by atoms with E-state index in [-0.39, 0.29) is 31.1 Å². The maximum absolute atomic E-state index is 13.6. The lowest BCUT2D eigenvalue weighted by molar-refractivity contribution is -0.125. The molecule has 0 radical (unpaired) electrons. The number of hydrogen-bond donors (Lipinski definition) is 3. The fourth-order valence-corrected chi connectivity index (χ4v) is 1.68. The van der Waals surface area contributed by atoms with Gasteiger partial charge in [0.05, 0.1) is 19.1 Å². The van der Waals surface area contributed by atoms with Crippen molar-refractivity contribution in [2.45, 2.75) is 19.4 Å². The highest BCUT2D eigenvalue weighted by Gasteiger charge is 2.17. The van der Waals surface area contributed by atoms with Crippen LogP contribution in [-0.2, 0) is 9.59 Å². The van der Waals surface area contributed by atoms with Gasteiger partial charge < -0.3 is 16.4 Å².